The van der Waals surface area contributed by atoms with Crippen molar-refractivity contribution in [2.45, 2.75) is 12.1 Å². The highest BCUT2D eigenvalue weighted by atomic mass is 32.2. The monoisotopic (exact) mass is 427 g/mol. The molecule has 5 N–H and O–H groups in total. The average Bonchev–Trinajstić information content (AvgIpc) is 3.08. The van der Waals surface area contributed by atoms with Gasteiger partial charge in [0.05, 0.1) is 19.1 Å². The number of carbonyl (C=O) groups excluding carboxylic acids is 1. The van der Waals surface area contributed by atoms with Crippen molar-refractivity contribution < 1.29 is 14.6 Å². The maximum Gasteiger partial charge on any atom is 0.264 e. The fraction of sp³-hybridized carbons (Fsp3) is 0.158. The summed E-state index contributed by atoms with van der Waals surface area (Å²) in [5.41, 5.74) is 5.15. The molecule has 0 aliphatic heterocycles. The van der Waals surface area contributed by atoms with Crippen LogP contribution in [0.3, 0.4) is 0 Å². The number of rotatable bonds is 8. The molecule has 30 heavy (non-hydrogen) atoms. The van der Waals surface area contributed by atoms with Gasteiger partial charge in [-0.3, -0.25) is 4.79 Å². The van der Waals surface area contributed by atoms with Crippen molar-refractivity contribution in [1.82, 2.24) is 14.9 Å². The molecule has 11 heteroatoms. The number of phenolic OH excluding ortho intramolecular Hbond substituents is 1. The number of nitrogens with one attached hydrogen (secondary N) is 2. The van der Waals surface area contributed by atoms with Crippen molar-refractivity contribution in [3.8, 4) is 11.5 Å². The minimum absolute atomic E-state index is 0.00559. The molecule has 0 radical (unpaired) electrons. The molecule has 0 spiro atoms. The van der Waals surface area contributed by atoms with Crippen LogP contribution in [0.4, 0.5) is 11.6 Å². The summed E-state index contributed by atoms with van der Waals surface area (Å²) < 4.78 is 6.19. The normalized spacial score (nSPS) is 10.9. The van der Waals surface area contributed by atoms with Crippen LogP contribution in [-0.2, 0) is 4.79 Å². The molecule has 3 rings (SSSR count). The Morgan fingerprint density at radius 3 is 2.77 bits per heavy atom. The molecule has 0 unspecified atom stereocenters. The molecule has 0 fully saturated rings. The molecule has 0 aliphatic carbocycles. The summed E-state index contributed by atoms with van der Waals surface area (Å²) in [7, 11) is 1.47. The highest BCUT2D eigenvalue weighted by Crippen LogP contribution is 2.25. The molecule has 3 aromatic rings. The molecular formula is C19H21N7O3S. The van der Waals surface area contributed by atoms with E-state index < -0.39 is 0 Å². The van der Waals surface area contributed by atoms with Gasteiger partial charge in [-0.1, -0.05) is 29.5 Å². The summed E-state index contributed by atoms with van der Waals surface area (Å²) in [5.74, 6) is 6.46. The van der Waals surface area contributed by atoms with Crippen LogP contribution in [0.25, 0.3) is 0 Å². The summed E-state index contributed by atoms with van der Waals surface area (Å²) in [6.07, 6.45) is 1.48. The van der Waals surface area contributed by atoms with E-state index in [-0.39, 0.29) is 23.4 Å². The molecule has 10 nitrogen and oxygen atoms in total. The molecule has 0 bridgehead atoms. The van der Waals surface area contributed by atoms with E-state index in [1.165, 1.54) is 24.1 Å². The van der Waals surface area contributed by atoms with E-state index >= 15 is 0 Å². The smallest absolute Gasteiger partial charge is 0.264 e. The molecule has 1 aromatic heterocycles. The maximum absolute atomic E-state index is 12.1. The van der Waals surface area contributed by atoms with Gasteiger partial charge >= 0.3 is 0 Å². The van der Waals surface area contributed by atoms with Crippen molar-refractivity contribution in [2.75, 3.05) is 29.4 Å². The lowest BCUT2D eigenvalue weighted by molar-refractivity contribution is -0.113. The summed E-state index contributed by atoms with van der Waals surface area (Å²) >= 11 is 1.15. The molecule has 0 saturated carbocycles. The Hall–Kier alpha value is -3.73. The van der Waals surface area contributed by atoms with E-state index in [4.69, 9.17) is 10.6 Å². The first kappa shape index (κ1) is 21.0. The van der Waals surface area contributed by atoms with Gasteiger partial charge in [0.1, 0.15) is 0 Å². The van der Waals surface area contributed by atoms with E-state index in [0.717, 1.165) is 23.0 Å². The van der Waals surface area contributed by atoms with Crippen LogP contribution >= 0.6 is 11.8 Å². The minimum atomic E-state index is -0.182. The van der Waals surface area contributed by atoms with Crippen molar-refractivity contribution in [3.05, 3.63) is 53.6 Å². The van der Waals surface area contributed by atoms with Crippen LogP contribution in [0.5, 0.6) is 11.5 Å². The number of methoxy groups -OCH3 is 1. The third-order valence-electron chi connectivity index (χ3n) is 3.91. The number of benzene rings is 2. The highest BCUT2D eigenvalue weighted by molar-refractivity contribution is 7.99. The van der Waals surface area contributed by atoms with E-state index in [1.807, 2.05) is 31.2 Å². The number of thioether (sulfide) groups is 1. The number of aromatic hydroxyl groups is 1. The lowest BCUT2D eigenvalue weighted by atomic mass is 10.2. The van der Waals surface area contributed by atoms with Crippen molar-refractivity contribution in [2.24, 2.45) is 5.10 Å². The van der Waals surface area contributed by atoms with E-state index in [0.29, 0.717) is 16.5 Å². The number of nitrogens with two attached hydrogens (primary N) is 1. The van der Waals surface area contributed by atoms with Crippen LogP contribution in [0.2, 0.25) is 0 Å². The third-order valence-corrected chi connectivity index (χ3v) is 4.86. The Bertz CT molecular complexity index is 1050. The van der Waals surface area contributed by atoms with Crippen LogP contribution in [0.1, 0.15) is 11.1 Å². The van der Waals surface area contributed by atoms with E-state index in [1.54, 1.807) is 12.1 Å². The highest BCUT2D eigenvalue weighted by Gasteiger charge is 2.12. The number of nitrogens with zero attached hydrogens (tertiary/aromatic N) is 4. The number of nitrogen functional groups attached to an aromatic ring is 1. The largest absolute Gasteiger partial charge is 0.504 e. The standard InChI is InChI=1S/C19H21N7O3S/c1-12-3-6-14(7-4-12)22-17(28)11-30-19-25-24-18(26(19)20)23-21-10-13-5-8-16(29-2)15(27)9-13/h3-10,27H,11,20H2,1-2H3,(H,22,28)(H,23,24)/b21-10+. The molecular weight excluding hydrogens is 406 g/mol. The van der Waals surface area contributed by atoms with Crippen molar-refractivity contribution in [3.63, 3.8) is 0 Å². The predicted molar refractivity (Wildman–Crippen MR) is 117 cm³/mol. The Morgan fingerprint density at radius 1 is 1.30 bits per heavy atom. The molecule has 1 amide bonds. The van der Waals surface area contributed by atoms with Crippen molar-refractivity contribution >= 4 is 35.5 Å². The molecule has 156 valence electrons. The number of ether oxygens (including phenoxy) is 1. The van der Waals surface area contributed by atoms with Gasteiger partial charge in [-0.2, -0.15) is 5.10 Å². The molecule has 0 atom stereocenters. The first-order valence-electron chi connectivity index (χ1n) is 8.82. The fourth-order valence-corrected chi connectivity index (χ4v) is 3.02. The SMILES string of the molecule is COc1ccc(/C=N/Nc2nnc(SCC(=O)Nc3ccc(C)cc3)n2N)cc1O. The Kier molecular flexibility index (Phi) is 6.75. The van der Waals surface area contributed by atoms with Crippen molar-refractivity contribution in [1.29, 1.82) is 0 Å². The second-order valence-corrected chi connectivity index (χ2v) is 7.12. The van der Waals surface area contributed by atoms with Crippen LogP contribution in [-0.4, -0.2) is 45.0 Å². The van der Waals surface area contributed by atoms with Gasteiger partial charge in [0.15, 0.2) is 11.5 Å². The summed E-state index contributed by atoms with van der Waals surface area (Å²) in [6, 6.07) is 12.4. The van der Waals surface area contributed by atoms with Crippen LogP contribution in [0, 0.1) is 6.92 Å². The number of phenols is 1. The van der Waals surface area contributed by atoms with E-state index in [2.05, 4.69) is 26.0 Å². The first-order chi connectivity index (χ1) is 14.5. The summed E-state index contributed by atoms with van der Waals surface area (Å²) in [4.78, 5) is 12.1. The number of hydrazone groups is 1. The summed E-state index contributed by atoms with van der Waals surface area (Å²) in [5, 5.41) is 24.8. The molecule has 1 heterocycles. The summed E-state index contributed by atoms with van der Waals surface area (Å²) in [6.45, 7) is 1.98. The third kappa shape index (κ3) is 5.41. The zero-order chi connectivity index (χ0) is 21.5. The van der Waals surface area contributed by atoms with Crippen LogP contribution < -0.4 is 21.3 Å². The number of aromatic nitrogens is 3. The fourth-order valence-electron chi connectivity index (χ4n) is 2.37. The van der Waals surface area contributed by atoms with Gasteiger partial charge in [-0.25, -0.2) is 10.1 Å². The lowest BCUT2D eigenvalue weighted by Gasteiger charge is -2.05. The van der Waals surface area contributed by atoms with Gasteiger partial charge in [-0.05, 0) is 42.8 Å². The Morgan fingerprint density at radius 2 is 2.07 bits per heavy atom. The molecule has 0 aliphatic rings. The second-order valence-electron chi connectivity index (χ2n) is 6.18. The average molecular weight is 427 g/mol. The van der Waals surface area contributed by atoms with E-state index in [9.17, 15) is 9.90 Å². The zero-order valence-electron chi connectivity index (χ0n) is 16.4. The molecule has 2 aromatic carbocycles. The Labute approximate surface area is 177 Å². The topological polar surface area (TPSA) is 140 Å². The quantitative estimate of drug-likeness (QED) is 0.186. The zero-order valence-corrected chi connectivity index (χ0v) is 17.2. The predicted octanol–water partition coefficient (Wildman–Crippen LogP) is 2.19. The van der Waals surface area contributed by atoms with Gasteiger partial charge in [-0.15, -0.1) is 10.2 Å². The van der Waals surface area contributed by atoms with Gasteiger partial charge in [0.25, 0.3) is 5.95 Å². The minimum Gasteiger partial charge on any atom is -0.504 e. The number of carbonyl (C=O) groups is 1. The number of hydrogen-bond donors (Lipinski definition) is 4. The number of amides is 1. The Balaban J connectivity index is 1.53. The van der Waals surface area contributed by atoms with Gasteiger partial charge < -0.3 is 21.0 Å². The maximum atomic E-state index is 12.1. The van der Waals surface area contributed by atoms with Gasteiger partial charge in [0.2, 0.25) is 11.1 Å². The van der Waals surface area contributed by atoms with Crippen LogP contribution in [0.15, 0.2) is 52.7 Å². The number of hydrogen-bond acceptors (Lipinski definition) is 9. The lowest BCUT2D eigenvalue weighted by Crippen LogP contribution is -2.16. The molecule has 0 saturated heterocycles. The van der Waals surface area contributed by atoms with Gasteiger partial charge in [0, 0.05) is 5.69 Å². The number of aryl methyl sites for hydroxylation is 1. The second kappa shape index (κ2) is 9.65. The first-order valence-corrected chi connectivity index (χ1v) is 9.80. The number of anilines is 2.